The van der Waals surface area contributed by atoms with Gasteiger partial charge in [-0.3, -0.25) is 0 Å². The van der Waals surface area contributed by atoms with E-state index in [0.29, 0.717) is 10.6 Å². The van der Waals surface area contributed by atoms with Crippen molar-refractivity contribution in [2.75, 3.05) is 0 Å². The molecule has 1 aromatic carbocycles. The number of halogens is 1. The van der Waals surface area contributed by atoms with Gasteiger partial charge in [0.1, 0.15) is 6.07 Å². The lowest BCUT2D eigenvalue weighted by atomic mass is 10.1. The van der Waals surface area contributed by atoms with Crippen LogP contribution in [0.15, 0.2) is 35.4 Å². The molecule has 4 nitrogen and oxygen atoms in total. The van der Waals surface area contributed by atoms with Crippen molar-refractivity contribution in [3.63, 3.8) is 0 Å². The molecule has 0 spiro atoms. The zero-order chi connectivity index (χ0) is 11.5. The average molecular weight is 232 g/mol. The number of H-pyrrole nitrogens is 1. The first-order valence-corrected chi connectivity index (χ1v) is 4.83. The van der Waals surface area contributed by atoms with Crippen molar-refractivity contribution in [1.82, 2.24) is 9.97 Å². The second kappa shape index (κ2) is 4.17. The lowest BCUT2D eigenvalue weighted by molar-refractivity contribution is 1.08. The molecule has 0 saturated carbocycles. The van der Waals surface area contributed by atoms with E-state index in [1.807, 2.05) is 6.07 Å². The van der Waals surface area contributed by atoms with Crippen molar-refractivity contribution in [2.45, 2.75) is 0 Å². The zero-order valence-corrected chi connectivity index (χ0v) is 8.82. The second-order valence-electron chi connectivity index (χ2n) is 3.11. The van der Waals surface area contributed by atoms with E-state index in [1.165, 1.54) is 6.20 Å². The highest BCUT2D eigenvalue weighted by molar-refractivity contribution is 6.31. The Hall–Kier alpha value is -2.12. The number of hydrogen-bond acceptors (Lipinski definition) is 3. The maximum Gasteiger partial charge on any atom is 0.344 e. The monoisotopic (exact) mass is 231 g/mol. The van der Waals surface area contributed by atoms with Crippen molar-refractivity contribution in [1.29, 1.82) is 5.26 Å². The van der Waals surface area contributed by atoms with Crippen molar-refractivity contribution in [3.05, 3.63) is 51.7 Å². The molecule has 0 amide bonds. The van der Waals surface area contributed by atoms with Crippen LogP contribution in [0.3, 0.4) is 0 Å². The lowest BCUT2D eigenvalue weighted by Crippen LogP contribution is -2.07. The van der Waals surface area contributed by atoms with Crippen LogP contribution in [0.5, 0.6) is 0 Å². The van der Waals surface area contributed by atoms with E-state index in [1.54, 1.807) is 24.4 Å². The lowest BCUT2D eigenvalue weighted by Gasteiger charge is -2.01. The van der Waals surface area contributed by atoms with Crippen molar-refractivity contribution in [3.8, 4) is 17.2 Å². The fraction of sp³-hybridized carbons (Fsp3) is 0. The van der Waals surface area contributed by atoms with E-state index in [2.05, 4.69) is 9.97 Å². The Morgan fingerprint density at radius 2 is 2.19 bits per heavy atom. The molecular formula is C11H6ClN3O. The summed E-state index contributed by atoms with van der Waals surface area (Å²) in [6.45, 7) is 0. The first-order chi connectivity index (χ1) is 7.70. The van der Waals surface area contributed by atoms with Gasteiger partial charge >= 0.3 is 5.69 Å². The van der Waals surface area contributed by atoms with E-state index in [9.17, 15) is 4.79 Å². The van der Waals surface area contributed by atoms with Gasteiger partial charge in [-0.1, -0.05) is 17.7 Å². The summed E-state index contributed by atoms with van der Waals surface area (Å²) in [6, 6.07) is 7.04. The van der Waals surface area contributed by atoms with Gasteiger partial charge in [-0.15, -0.1) is 0 Å². The molecule has 5 heteroatoms. The summed E-state index contributed by atoms with van der Waals surface area (Å²) in [5, 5.41) is 9.23. The Bertz CT molecular complexity index is 607. The Balaban J connectivity index is 2.53. The summed E-state index contributed by atoms with van der Waals surface area (Å²) in [7, 11) is 0. The Morgan fingerprint density at radius 1 is 1.38 bits per heavy atom. The molecule has 2 aromatic rings. The fourth-order valence-electron chi connectivity index (χ4n) is 1.29. The van der Waals surface area contributed by atoms with Crippen LogP contribution >= 0.6 is 11.6 Å². The third-order valence-corrected chi connectivity index (χ3v) is 2.42. The number of benzene rings is 1. The normalized spacial score (nSPS) is 9.75. The van der Waals surface area contributed by atoms with Gasteiger partial charge in [0.25, 0.3) is 0 Å². The standard InChI is InChI=1S/C11H6ClN3O/c12-10-2-1-7(3-8(10)4-13)9-5-14-11(16)15-6-9/h1-3,5-6H,(H,14,15,16). The summed E-state index contributed by atoms with van der Waals surface area (Å²) in [5.74, 6) is 0. The van der Waals surface area contributed by atoms with E-state index < -0.39 is 5.69 Å². The molecule has 0 aliphatic carbocycles. The Labute approximate surface area is 96.2 Å². The fourth-order valence-corrected chi connectivity index (χ4v) is 1.45. The van der Waals surface area contributed by atoms with E-state index in [0.717, 1.165) is 11.1 Å². The number of aromatic amines is 1. The molecule has 0 atom stereocenters. The molecule has 0 fully saturated rings. The molecule has 0 bridgehead atoms. The third kappa shape index (κ3) is 1.95. The summed E-state index contributed by atoms with van der Waals surface area (Å²) in [6.07, 6.45) is 2.99. The summed E-state index contributed by atoms with van der Waals surface area (Å²) >= 11 is 5.81. The first-order valence-electron chi connectivity index (χ1n) is 4.45. The largest absolute Gasteiger partial charge is 0.344 e. The molecule has 1 N–H and O–H groups in total. The van der Waals surface area contributed by atoms with E-state index in [4.69, 9.17) is 16.9 Å². The molecule has 1 aromatic heterocycles. The van der Waals surface area contributed by atoms with Crippen LogP contribution in [0.1, 0.15) is 5.56 Å². The summed E-state index contributed by atoms with van der Waals surface area (Å²) in [4.78, 5) is 16.9. The minimum Gasteiger partial charge on any atom is -0.312 e. The van der Waals surface area contributed by atoms with Crippen molar-refractivity contribution >= 4 is 11.6 Å². The van der Waals surface area contributed by atoms with Crippen LogP contribution in [0.25, 0.3) is 11.1 Å². The highest BCUT2D eigenvalue weighted by atomic mass is 35.5. The predicted octanol–water partition coefficient (Wildman–Crippen LogP) is 1.96. The number of rotatable bonds is 1. The first kappa shape index (κ1) is 10.4. The Kier molecular flexibility index (Phi) is 2.71. The zero-order valence-electron chi connectivity index (χ0n) is 8.07. The van der Waals surface area contributed by atoms with Gasteiger partial charge in [-0.2, -0.15) is 5.26 Å². The molecule has 78 valence electrons. The molecule has 2 rings (SSSR count). The predicted molar refractivity (Wildman–Crippen MR) is 60.0 cm³/mol. The highest BCUT2D eigenvalue weighted by Gasteiger charge is 2.03. The van der Waals surface area contributed by atoms with Gasteiger partial charge in [-0.25, -0.2) is 9.78 Å². The molecular weight excluding hydrogens is 226 g/mol. The average Bonchev–Trinajstić information content (AvgIpc) is 2.31. The van der Waals surface area contributed by atoms with Crippen LogP contribution in [-0.4, -0.2) is 9.97 Å². The molecule has 0 aliphatic rings. The molecule has 1 heterocycles. The number of hydrogen-bond donors (Lipinski definition) is 1. The topological polar surface area (TPSA) is 69.5 Å². The molecule has 16 heavy (non-hydrogen) atoms. The van der Waals surface area contributed by atoms with Gasteiger partial charge in [0.2, 0.25) is 0 Å². The van der Waals surface area contributed by atoms with E-state index in [-0.39, 0.29) is 0 Å². The van der Waals surface area contributed by atoms with Crippen molar-refractivity contribution in [2.24, 2.45) is 0 Å². The quantitative estimate of drug-likeness (QED) is 0.816. The number of nitrogens with zero attached hydrogens (tertiary/aromatic N) is 2. The van der Waals surface area contributed by atoms with Crippen molar-refractivity contribution < 1.29 is 0 Å². The van der Waals surface area contributed by atoms with Gasteiger partial charge < -0.3 is 4.98 Å². The third-order valence-electron chi connectivity index (χ3n) is 2.09. The maximum atomic E-state index is 10.8. The minimum absolute atomic E-state index is 0.394. The van der Waals surface area contributed by atoms with Gasteiger partial charge in [-0.05, 0) is 17.7 Å². The molecule has 0 aliphatic heterocycles. The number of aromatic nitrogens is 2. The maximum absolute atomic E-state index is 10.8. The molecule has 0 unspecified atom stereocenters. The smallest absolute Gasteiger partial charge is 0.312 e. The van der Waals surface area contributed by atoms with Gasteiger partial charge in [0, 0.05) is 18.0 Å². The van der Waals surface area contributed by atoms with Crippen LogP contribution in [0.4, 0.5) is 0 Å². The van der Waals surface area contributed by atoms with E-state index >= 15 is 0 Å². The molecule has 0 radical (unpaired) electrons. The number of nitrogens with one attached hydrogen (secondary N) is 1. The highest BCUT2D eigenvalue weighted by Crippen LogP contribution is 2.23. The summed E-state index contributed by atoms with van der Waals surface area (Å²) in [5.41, 5.74) is 1.50. The number of nitriles is 1. The SMILES string of the molecule is N#Cc1cc(-c2cnc(=O)[nH]c2)ccc1Cl. The Morgan fingerprint density at radius 3 is 2.81 bits per heavy atom. The second-order valence-corrected chi connectivity index (χ2v) is 3.52. The minimum atomic E-state index is -0.404. The van der Waals surface area contributed by atoms with Crippen LogP contribution in [-0.2, 0) is 0 Å². The van der Waals surface area contributed by atoms with Crippen LogP contribution in [0.2, 0.25) is 5.02 Å². The summed E-state index contributed by atoms with van der Waals surface area (Å²) < 4.78 is 0. The van der Waals surface area contributed by atoms with Gasteiger partial charge in [0.05, 0.1) is 10.6 Å². The molecule has 0 saturated heterocycles. The van der Waals surface area contributed by atoms with Crippen LogP contribution in [0, 0.1) is 11.3 Å². The van der Waals surface area contributed by atoms with Gasteiger partial charge in [0.15, 0.2) is 0 Å². The van der Waals surface area contributed by atoms with Crippen LogP contribution < -0.4 is 5.69 Å².